The van der Waals surface area contributed by atoms with Crippen molar-refractivity contribution in [3.05, 3.63) is 70.8 Å². The van der Waals surface area contributed by atoms with Crippen LogP contribution in [0.3, 0.4) is 0 Å². The Kier molecular flexibility index (Phi) is 3.86. The standard InChI is InChI=1S/C18H21NO/c1-13-7-3-5-9-16(13)14(2)19-18-12-20-11-15-8-4-6-10-17(15)18/h3-10,14,18-19H,11-12H2,1-2H3/t14-,18?/m1/s1. The van der Waals surface area contributed by atoms with Crippen LogP contribution >= 0.6 is 0 Å². The van der Waals surface area contributed by atoms with Gasteiger partial charge in [0.25, 0.3) is 0 Å². The molecule has 2 nitrogen and oxygen atoms in total. The Bertz CT molecular complexity index is 593. The highest BCUT2D eigenvalue weighted by molar-refractivity contribution is 5.33. The van der Waals surface area contributed by atoms with Gasteiger partial charge in [0.15, 0.2) is 0 Å². The molecule has 0 saturated heterocycles. The highest BCUT2D eigenvalue weighted by atomic mass is 16.5. The van der Waals surface area contributed by atoms with Crippen LogP contribution in [0.15, 0.2) is 48.5 Å². The van der Waals surface area contributed by atoms with E-state index in [-0.39, 0.29) is 6.04 Å². The molecule has 2 aromatic rings. The Morgan fingerprint density at radius 1 is 1.10 bits per heavy atom. The molecular weight excluding hydrogens is 246 g/mol. The summed E-state index contributed by atoms with van der Waals surface area (Å²) >= 11 is 0. The average Bonchev–Trinajstić information content (AvgIpc) is 2.48. The number of rotatable bonds is 3. The predicted octanol–water partition coefficient (Wildman–Crippen LogP) is 3.92. The van der Waals surface area contributed by atoms with Gasteiger partial charge >= 0.3 is 0 Å². The summed E-state index contributed by atoms with van der Waals surface area (Å²) in [7, 11) is 0. The lowest BCUT2D eigenvalue weighted by atomic mass is 9.96. The van der Waals surface area contributed by atoms with Crippen molar-refractivity contribution in [2.75, 3.05) is 6.61 Å². The largest absolute Gasteiger partial charge is 0.375 e. The lowest BCUT2D eigenvalue weighted by Gasteiger charge is -2.30. The monoisotopic (exact) mass is 267 g/mol. The van der Waals surface area contributed by atoms with Crippen molar-refractivity contribution >= 4 is 0 Å². The number of aryl methyl sites for hydroxylation is 1. The molecule has 0 fully saturated rings. The molecular formula is C18H21NO. The number of fused-ring (bicyclic) bond motifs is 1. The summed E-state index contributed by atoms with van der Waals surface area (Å²) in [6.45, 7) is 5.86. The number of hydrogen-bond acceptors (Lipinski definition) is 2. The molecule has 104 valence electrons. The molecule has 0 radical (unpaired) electrons. The fourth-order valence-electron chi connectivity index (χ4n) is 2.98. The molecule has 2 aromatic carbocycles. The smallest absolute Gasteiger partial charge is 0.0721 e. The first-order valence-corrected chi connectivity index (χ1v) is 7.23. The maximum Gasteiger partial charge on any atom is 0.0721 e. The van der Waals surface area contributed by atoms with Crippen molar-refractivity contribution in [2.24, 2.45) is 0 Å². The van der Waals surface area contributed by atoms with Crippen molar-refractivity contribution in [1.82, 2.24) is 5.32 Å². The normalized spacial score (nSPS) is 19.4. The summed E-state index contributed by atoms with van der Waals surface area (Å²) in [5.74, 6) is 0. The van der Waals surface area contributed by atoms with Crippen molar-refractivity contribution in [3.8, 4) is 0 Å². The second-order valence-electron chi connectivity index (χ2n) is 5.51. The van der Waals surface area contributed by atoms with Gasteiger partial charge in [-0.3, -0.25) is 0 Å². The van der Waals surface area contributed by atoms with E-state index in [1.807, 2.05) is 0 Å². The second-order valence-corrected chi connectivity index (χ2v) is 5.51. The van der Waals surface area contributed by atoms with Crippen molar-refractivity contribution in [3.63, 3.8) is 0 Å². The van der Waals surface area contributed by atoms with Gasteiger partial charge in [-0.05, 0) is 36.1 Å². The molecule has 1 unspecified atom stereocenters. The predicted molar refractivity (Wildman–Crippen MR) is 81.6 cm³/mol. The van der Waals surface area contributed by atoms with Gasteiger partial charge in [-0.25, -0.2) is 0 Å². The number of hydrogen-bond donors (Lipinski definition) is 1. The molecule has 20 heavy (non-hydrogen) atoms. The zero-order chi connectivity index (χ0) is 13.9. The summed E-state index contributed by atoms with van der Waals surface area (Å²) in [4.78, 5) is 0. The van der Waals surface area contributed by atoms with Crippen LogP contribution in [0.1, 0.15) is 41.3 Å². The average molecular weight is 267 g/mol. The molecule has 3 rings (SSSR count). The van der Waals surface area contributed by atoms with Crippen molar-refractivity contribution in [2.45, 2.75) is 32.5 Å². The van der Waals surface area contributed by atoms with Crippen LogP contribution in [0.2, 0.25) is 0 Å². The highest BCUT2D eigenvalue weighted by Gasteiger charge is 2.22. The van der Waals surface area contributed by atoms with Crippen molar-refractivity contribution in [1.29, 1.82) is 0 Å². The van der Waals surface area contributed by atoms with Crippen LogP contribution in [-0.2, 0) is 11.3 Å². The van der Waals surface area contributed by atoms with Gasteiger partial charge < -0.3 is 10.1 Å². The van der Waals surface area contributed by atoms with E-state index in [2.05, 4.69) is 67.7 Å². The Labute approximate surface area is 120 Å². The first-order chi connectivity index (χ1) is 9.75. The SMILES string of the molecule is Cc1ccccc1[C@@H](C)NC1COCc2ccccc21. The molecule has 0 saturated carbocycles. The van der Waals surface area contributed by atoms with Crippen LogP contribution in [0.4, 0.5) is 0 Å². The Morgan fingerprint density at radius 3 is 2.70 bits per heavy atom. The Morgan fingerprint density at radius 2 is 1.85 bits per heavy atom. The number of nitrogens with one attached hydrogen (secondary N) is 1. The maximum atomic E-state index is 5.71. The molecule has 1 aliphatic rings. The van der Waals surface area contributed by atoms with Crippen LogP contribution < -0.4 is 5.32 Å². The summed E-state index contributed by atoms with van der Waals surface area (Å²) < 4.78 is 5.71. The maximum absolute atomic E-state index is 5.71. The van der Waals surface area contributed by atoms with E-state index in [0.717, 1.165) is 13.2 Å². The zero-order valence-corrected chi connectivity index (χ0v) is 12.1. The van der Waals surface area contributed by atoms with Gasteiger partial charge in [0.2, 0.25) is 0 Å². The van der Waals surface area contributed by atoms with Gasteiger partial charge in [-0.15, -0.1) is 0 Å². The van der Waals surface area contributed by atoms with E-state index < -0.39 is 0 Å². The van der Waals surface area contributed by atoms with E-state index in [1.165, 1.54) is 22.3 Å². The minimum atomic E-state index is 0.273. The van der Waals surface area contributed by atoms with Crippen LogP contribution in [0.5, 0.6) is 0 Å². The van der Waals surface area contributed by atoms with Gasteiger partial charge in [0, 0.05) is 6.04 Å². The molecule has 0 amide bonds. The van der Waals surface area contributed by atoms with Crippen LogP contribution in [0.25, 0.3) is 0 Å². The molecule has 0 aliphatic carbocycles. The minimum Gasteiger partial charge on any atom is -0.375 e. The minimum absolute atomic E-state index is 0.273. The molecule has 2 heteroatoms. The van der Waals surface area contributed by atoms with Gasteiger partial charge in [-0.1, -0.05) is 48.5 Å². The Balaban J connectivity index is 1.81. The molecule has 1 N–H and O–H groups in total. The fraction of sp³-hybridized carbons (Fsp3) is 0.333. The Hall–Kier alpha value is -1.64. The molecule has 0 aromatic heterocycles. The van der Waals surface area contributed by atoms with E-state index in [1.54, 1.807) is 0 Å². The summed E-state index contributed by atoms with van der Waals surface area (Å²) in [6, 6.07) is 17.7. The molecule has 0 bridgehead atoms. The van der Waals surface area contributed by atoms with E-state index in [9.17, 15) is 0 Å². The quantitative estimate of drug-likeness (QED) is 0.910. The summed E-state index contributed by atoms with van der Waals surface area (Å²) in [5, 5.41) is 3.71. The van der Waals surface area contributed by atoms with E-state index in [0.29, 0.717) is 6.04 Å². The third-order valence-electron chi connectivity index (χ3n) is 4.08. The van der Waals surface area contributed by atoms with Gasteiger partial charge in [0.1, 0.15) is 0 Å². The number of ether oxygens (including phenoxy) is 1. The van der Waals surface area contributed by atoms with Gasteiger partial charge in [0.05, 0.1) is 19.3 Å². The molecule has 0 spiro atoms. The molecule has 1 aliphatic heterocycles. The van der Waals surface area contributed by atoms with E-state index >= 15 is 0 Å². The van der Waals surface area contributed by atoms with E-state index in [4.69, 9.17) is 4.74 Å². The third kappa shape index (κ3) is 2.62. The first-order valence-electron chi connectivity index (χ1n) is 7.23. The summed E-state index contributed by atoms with van der Waals surface area (Å²) in [6.07, 6.45) is 0. The van der Waals surface area contributed by atoms with Crippen molar-refractivity contribution < 1.29 is 4.74 Å². The molecule has 1 heterocycles. The van der Waals surface area contributed by atoms with Gasteiger partial charge in [-0.2, -0.15) is 0 Å². The van der Waals surface area contributed by atoms with Crippen LogP contribution in [0, 0.1) is 6.92 Å². The third-order valence-corrected chi connectivity index (χ3v) is 4.08. The lowest BCUT2D eigenvalue weighted by molar-refractivity contribution is 0.0790. The molecule has 2 atom stereocenters. The first kappa shape index (κ1) is 13.3. The lowest BCUT2D eigenvalue weighted by Crippen LogP contribution is -2.31. The summed E-state index contributed by atoms with van der Waals surface area (Å²) in [5.41, 5.74) is 5.36. The highest BCUT2D eigenvalue weighted by Crippen LogP contribution is 2.27. The van der Waals surface area contributed by atoms with Crippen LogP contribution in [-0.4, -0.2) is 6.61 Å². The topological polar surface area (TPSA) is 21.3 Å². The fourth-order valence-corrected chi connectivity index (χ4v) is 2.98. The zero-order valence-electron chi connectivity index (χ0n) is 12.1. The second kappa shape index (κ2) is 5.78. The number of benzene rings is 2.